The predicted octanol–water partition coefficient (Wildman–Crippen LogP) is 4.01. The van der Waals surface area contributed by atoms with Gasteiger partial charge in [0.25, 0.3) is 0 Å². The molecule has 3 atom stereocenters. The second-order valence-corrected chi connectivity index (χ2v) is 10.4. The average molecular weight is 533 g/mol. The lowest BCUT2D eigenvalue weighted by molar-refractivity contribution is -0.122. The highest BCUT2D eigenvalue weighted by Gasteiger charge is 2.56. The maximum absolute atomic E-state index is 13.7. The molecule has 32 heavy (non-hydrogen) atoms. The van der Waals surface area contributed by atoms with Crippen LogP contribution in [0.15, 0.2) is 56.8 Å². The normalized spacial score (nSPS) is 22.0. The van der Waals surface area contributed by atoms with Crippen molar-refractivity contribution in [2.45, 2.75) is 16.2 Å². The van der Waals surface area contributed by atoms with Gasteiger partial charge in [-0.2, -0.15) is 0 Å². The topological polar surface area (TPSA) is 88.7 Å². The van der Waals surface area contributed by atoms with Gasteiger partial charge in [-0.15, -0.1) is 0 Å². The fraction of sp³-hybridized carbons (Fsp3) is 0.227. The summed E-state index contributed by atoms with van der Waals surface area (Å²) in [6.45, 7) is 0. The van der Waals surface area contributed by atoms with Gasteiger partial charge in [-0.05, 0) is 42.0 Å². The van der Waals surface area contributed by atoms with E-state index in [-0.39, 0.29) is 16.7 Å². The molecule has 3 unspecified atom stereocenters. The van der Waals surface area contributed by atoms with Gasteiger partial charge in [0.05, 0.1) is 30.9 Å². The van der Waals surface area contributed by atoms with Gasteiger partial charge in [-0.25, -0.2) is 4.90 Å². The average Bonchev–Trinajstić information content (AvgIpc) is 3.28. The van der Waals surface area contributed by atoms with E-state index >= 15 is 0 Å². The molecule has 5 rings (SSSR count). The minimum atomic E-state index is -0.645. The molecule has 164 valence electrons. The van der Waals surface area contributed by atoms with E-state index in [0.717, 1.165) is 26.3 Å². The summed E-state index contributed by atoms with van der Waals surface area (Å²) in [7, 11) is 3.09. The molecule has 3 aromatic rings. The highest BCUT2D eigenvalue weighted by atomic mass is 79.9. The summed E-state index contributed by atoms with van der Waals surface area (Å²) in [5, 5.41) is 0.00170. The number of ether oxygens (including phenoxy) is 2. The van der Waals surface area contributed by atoms with Gasteiger partial charge >= 0.3 is 4.87 Å². The van der Waals surface area contributed by atoms with Gasteiger partial charge in [0.2, 0.25) is 11.8 Å². The molecule has 3 heterocycles. The van der Waals surface area contributed by atoms with Crippen molar-refractivity contribution in [1.29, 1.82) is 0 Å². The van der Waals surface area contributed by atoms with Gasteiger partial charge in [0.1, 0.15) is 5.25 Å². The second kappa shape index (κ2) is 8.09. The smallest absolute Gasteiger partial charge is 0.305 e. The Bertz CT molecular complexity index is 1290. The summed E-state index contributed by atoms with van der Waals surface area (Å²) in [6, 6.07) is 12.5. The molecule has 0 radical (unpaired) electrons. The van der Waals surface area contributed by atoms with Crippen LogP contribution in [0.3, 0.4) is 0 Å². The van der Waals surface area contributed by atoms with E-state index in [9.17, 15) is 14.4 Å². The van der Waals surface area contributed by atoms with Gasteiger partial charge in [0.15, 0.2) is 11.5 Å². The molecule has 7 nitrogen and oxygen atoms in total. The summed E-state index contributed by atoms with van der Waals surface area (Å²) < 4.78 is 11.7. The lowest BCUT2D eigenvalue weighted by Gasteiger charge is -2.30. The van der Waals surface area contributed by atoms with Crippen molar-refractivity contribution in [3.63, 3.8) is 0 Å². The first kappa shape index (κ1) is 21.3. The van der Waals surface area contributed by atoms with Crippen LogP contribution in [-0.2, 0) is 9.59 Å². The molecule has 2 aliphatic rings. The minimum absolute atomic E-state index is 0.211. The van der Waals surface area contributed by atoms with Crippen molar-refractivity contribution in [2.75, 3.05) is 19.1 Å². The van der Waals surface area contributed by atoms with Crippen molar-refractivity contribution in [3.8, 4) is 11.5 Å². The highest BCUT2D eigenvalue weighted by molar-refractivity contribution is 9.10. The lowest BCUT2D eigenvalue weighted by atomic mass is 9.83. The van der Waals surface area contributed by atoms with Crippen LogP contribution in [0, 0.1) is 5.92 Å². The Morgan fingerprint density at radius 1 is 0.969 bits per heavy atom. The van der Waals surface area contributed by atoms with E-state index in [2.05, 4.69) is 20.9 Å². The van der Waals surface area contributed by atoms with Crippen molar-refractivity contribution < 1.29 is 19.1 Å². The van der Waals surface area contributed by atoms with Crippen LogP contribution >= 0.6 is 39.0 Å². The number of benzene rings is 2. The first-order valence-corrected chi connectivity index (χ1v) is 12.2. The lowest BCUT2D eigenvalue weighted by Crippen LogP contribution is -2.32. The van der Waals surface area contributed by atoms with Crippen LogP contribution < -0.4 is 19.2 Å². The quantitative estimate of drug-likeness (QED) is 0.510. The van der Waals surface area contributed by atoms with Crippen LogP contribution in [0.4, 0.5) is 5.69 Å². The van der Waals surface area contributed by atoms with Crippen LogP contribution in [0.5, 0.6) is 11.5 Å². The predicted molar refractivity (Wildman–Crippen MR) is 126 cm³/mol. The first-order valence-electron chi connectivity index (χ1n) is 9.68. The molecule has 0 spiro atoms. The van der Waals surface area contributed by atoms with Crippen LogP contribution in [0.2, 0.25) is 0 Å². The number of fused-ring (bicyclic) bond motifs is 2. The number of imide groups is 1. The van der Waals surface area contributed by atoms with Gasteiger partial charge in [0, 0.05) is 15.3 Å². The number of thiazole rings is 1. The van der Waals surface area contributed by atoms with E-state index in [1.807, 2.05) is 12.1 Å². The number of methoxy groups -OCH3 is 2. The SMILES string of the molecule is COc1ccc(C2c3sc(=O)[nH]c3SC3C(=O)N(c4ccc(Br)cc4)C(=O)C32)cc1OC. The molecule has 1 fully saturated rings. The Kier molecular flexibility index (Phi) is 5.39. The van der Waals surface area contributed by atoms with E-state index in [1.54, 1.807) is 44.6 Å². The summed E-state index contributed by atoms with van der Waals surface area (Å²) in [5.74, 6) is -0.585. The summed E-state index contributed by atoms with van der Waals surface area (Å²) >= 11 is 5.72. The monoisotopic (exact) mass is 532 g/mol. The molecule has 1 saturated heterocycles. The van der Waals surface area contributed by atoms with Crippen LogP contribution in [0.25, 0.3) is 0 Å². The Hall–Kier alpha value is -2.56. The highest BCUT2D eigenvalue weighted by Crippen LogP contribution is 2.53. The number of aromatic amines is 1. The second-order valence-electron chi connectivity index (χ2n) is 7.35. The molecule has 10 heteroatoms. The van der Waals surface area contributed by atoms with Crippen LogP contribution in [0.1, 0.15) is 16.4 Å². The summed E-state index contributed by atoms with van der Waals surface area (Å²) in [4.78, 5) is 43.9. The number of rotatable bonds is 4. The molecule has 0 bridgehead atoms. The number of halogens is 1. The molecule has 0 aliphatic carbocycles. The van der Waals surface area contributed by atoms with Gasteiger partial charge in [-0.3, -0.25) is 14.4 Å². The standard InChI is InChI=1S/C22H17BrN2O5S2/c1-29-13-8-3-10(9-14(13)30-2)15-16-18(31-19-17(15)32-22(28)24-19)21(27)25(20(16)26)12-6-4-11(23)5-7-12/h3-9,15-16,18H,1-2H3,(H,24,28). The number of carbonyl (C=O) groups is 2. The van der Waals surface area contributed by atoms with E-state index < -0.39 is 17.1 Å². The number of H-pyrrole nitrogens is 1. The molecule has 1 N–H and O–H groups in total. The molecule has 2 aromatic carbocycles. The van der Waals surface area contributed by atoms with Crippen molar-refractivity contribution in [1.82, 2.24) is 4.98 Å². The van der Waals surface area contributed by atoms with E-state index in [0.29, 0.717) is 22.2 Å². The first-order chi connectivity index (χ1) is 15.4. The van der Waals surface area contributed by atoms with Gasteiger partial charge in [-0.1, -0.05) is 45.1 Å². The number of hydrogen-bond acceptors (Lipinski definition) is 7. The van der Waals surface area contributed by atoms with Crippen molar-refractivity contribution in [2.24, 2.45) is 5.92 Å². The molecule has 2 aliphatic heterocycles. The summed E-state index contributed by atoms with van der Waals surface area (Å²) in [6.07, 6.45) is 0. The number of hydrogen-bond donors (Lipinski definition) is 1. The van der Waals surface area contributed by atoms with Crippen molar-refractivity contribution in [3.05, 3.63) is 67.0 Å². The third-order valence-corrected chi connectivity index (χ3v) is 8.61. The number of anilines is 1. The van der Waals surface area contributed by atoms with Crippen molar-refractivity contribution >= 4 is 56.5 Å². The van der Waals surface area contributed by atoms with E-state index in [1.165, 1.54) is 16.7 Å². The third-order valence-electron chi connectivity index (χ3n) is 5.68. The fourth-order valence-electron chi connectivity index (χ4n) is 4.27. The molecular weight excluding hydrogens is 516 g/mol. The molecule has 2 amide bonds. The zero-order valence-electron chi connectivity index (χ0n) is 17.0. The van der Waals surface area contributed by atoms with Gasteiger partial charge < -0.3 is 14.5 Å². The Morgan fingerprint density at radius 3 is 2.38 bits per heavy atom. The zero-order chi connectivity index (χ0) is 22.6. The Labute approximate surface area is 199 Å². The Balaban J connectivity index is 1.65. The Morgan fingerprint density at radius 2 is 1.69 bits per heavy atom. The summed E-state index contributed by atoms with van der Waals surface area (Å²) in [5.41, 5.74) is 1.31. The largest absolute Gasteiger partial charge is 0.493 e. The molecule has 0 saturated carbocycles. The third kappa shape index (κ3) is 3.28. The number of aromatic nitrogens is 1. The number of amides is 2. The number of nitrogens with zero attached hydrogens (tertiary/aromatic N) is 1. The maximum Gasteiger partial charge on any atom is 0.305 e. The molecule has 1 aromatic heterocycles. The van der Waals surface area contributed by atoms with Crippen LogP contribution in [-0.4, -0.2) is 36.3 Å². The number of thioether (sulfide) groups is 1. The zero-order valence-corrected chi connectivity index (χ0v) is 20.2. The number of carbonyl (C=O) groups excluding carboxylic acids is 2. The maximum atomic E-state index is 13.7. The molecular formula is C22H17BrN2O5S2. The fourth-order valence-corrected chi connectivity index (χ4v) is 7.05. The number of nitrogens with one attached hydrogen (secondary N) is 1. The minimum Gasteiger partial charge on any atom is -0.493 e. The van der Waals surface area contributed by atoms with E-state index in [4.69, 9.17) is 9.47 Å².